The first-order valence-electron chi connectivity index (χ1n) is 8.01. The van der Waals surface area contributed by atoms with Crippen molar-refractivity contribution in [3.8, 4) is 0 Å². The van der Waals surface area contributed by atoms with E-state index in [4.69, 9.17) is 9.88 Å². The highest BCUT2D eigenvalue weighted by molar-refractivity contribution is 7.84. The third-order valence-corrected chi connectivity index (χ3v) is 5.82. The maximum Gasteiger partial charge on any atom is 0.333 e. The average molecular weight is 402 g/mol. The fourth-order valence-electron chi connectivity index (χ4n) is 2.90. The van der Waals surface area contributed by atoms with Crippen molar-refractivity contribution >= 4 is 37.7 Å². The van der Waals surface area contributed by atoms with Crippen molar-refractivity contribution in [3.63, 3.8) is 0 Å². The Kier molecular flexibility index (Phi) is 4.59. The van der Waals surface area contributed by atoms with Gasteiger partial charge in [0.1, 0.15) is 36.6 Å². The molecule has 0 aromatic carbocycles. The predicted molar refractivity (Wildman–Crippen MR) is 92.7 cm³/mol. The van der Waals surface area contributed by atoms with Gasteiger partial charge in [-0.3, -0.25) is 4.18 Å². The van der Waals surface area contributed by atoms with Crippen LogP contribution in [0.1, 0.15) is 24.5 Å². The smallest absolute Gasteiger partial charge is 0.333 e. The van der Waals surface area contributed by atoms with Crippen molar-refractivity contribution in [3.05, 3.63) is 17.3 Å². The largest absolute Gasteiger partial charge is 0.387 e. The summed E-state index contributed by atoms with van der Waals surface area (Å²) in [5, 5.41) is 30.4. The van der Waals surface area contributed by atoms with E-state index in [2.05, 4.69) is 19.5 Å². The summed E-state index contributed by atoms with van der Waals surface area (Å²) in [7, 11) is -4.17. The van der Waals surface area contributed by atoms with Crippen LogP contribution in [0.2, 0.25) is 0 Å². The predicted octanol–water partition coefficient (Wildman–Crippen LogP) is -0.353. The minimum Gasteiger partial charge on any atom is -0.387 e. The second kappa shape index (κ2) is 6.64. The molecule has 26 heavy (non-hydrogen) atoms. The molecule has 1 saturated heterocycles. The second-order valence-corrected chi connectivity index (χ2v) is 8.46. The molecule has 3 heterocycles. The second-order valence-electron chi connectivity index (χ2n) is 6.36. The number of aliphatic hydroxyl groups excluding tert-OH is 2. The summed E-state index contributed by atoms with van der Waals surface area (Å²) in [5.74, 6) is 0.732. The van der Waals surface area contributed by atoms with Gasteiger partial charge in [-0.15, -0.1) is 11.3 Å². The van der Waals surface area contributed by atoms with Gasteiger partial charge < -0.3 is 20.3 Å². The number of hydrogen-bond acceptors (Lipinski definition) is 10. The molecule has 0 amide bonds. The van der Waals surface area contributed by atoms with Crippen molar-refractivity contribution in [1.82, 2.24) is 9.97 Å². The molecule has 2 aliphatic rings. The van der Waals surface area contributed by atoms with Crippen LogP contribution in [0.4, 0.5) is 5.82 Å². The highest BCUT2D eigenvalue weighted by atomic mass is 32.2. The van der Waals surface area contributed by atoms with E-state index in [1.807, 2.05) is 0 Å². The molecule has 10 nitrogen and oxygen atoms in total. The maximum absolute atomic E-state index is 10.9. The normalized spacial score (nSPS) is 29.3. The summed E-state index contributed by atoms with van der Waals surface area (Å²) in [6.45, 7) is -0.487. The van der Waals surface area contributed by atoms with Crippen LogP contribution >= 0.6 is 11.3 Å². The number of nitrogens with zero attached hydrogens (tertiary/aromatic N) is 2. The zero-order valence-corrected chi connectivity index (χ0v) is 15.1. The zero-order chi connectivity index (χ0) is 18.5. The number of nitrogens with two attached hydrogens (primary N) is 1. The van der Waals surface area contributed by atoms with Crippen LogP contribution in [-0.4, -0.2) is 59.6 Å². The van der Waals surface area contributed by atoms with Crippen molar-refractivity contribution in [1.29, 1.82) is 0 Å². The summed E-state index contributed by atoms with van der Waals surface area (Å²) in [5.41, 5.74) is 1.23. The number of anilines is 1. The number of rotatable bonds is 6. The first-order valence-corrected chi connectivity index (χ1v) is 10.4. The van der Waals surface area contributed by atoms with Crippen molar-refractivity contribution in [2.75, 3.05) is 11.9 Å². The first-order chi connectivity index (χ1) is 12.3. The van der Waals surface area contributed by atoms with Crippen LogP contribution < -0.4 is 10.5 Å². The lowest BCUT2D eigenvalue weighted by molar-refractivity contribution is -0.0151. The molecule has 5 N–H and O–H groups in total. The molecule has 4 rings (SSSR count). The standard InChI is InChI=1S/C14H18N4O6S2/c15-26(21,22)23-3-8-10(19)11(20)12(24-8)7-4-25-13-9(7)16-5-17-14(13)18-6-1-2-6/h4-6,8,10-12,19-20H,1-3H2,(H2,15,21,22)(H,16,17,18). The Morgan fingerprint density at radius 3 is 2.81 bits per heavy atom. The molecule has 0 bridgehead atoms. The fourth-order valence-corrected chi connectivity index (χ4v) is 4.22. The summed E-state index contributed by atoms with van der Waals surface area (Å²) >= 11 is 1.41. The Balaban J connectivity index is 1.58. The van der Waals surface area contributed by atoms with E-state index in [0.717, 1.165) is 23.4 Å². The van der Waals surface area contributed by atoms with Gasteiger partial charge in [-0.1, -0.05) is 0 Å². The Morgan fingerprint density at radius 1 is 1.35 bits per heavy atom. The number of aromatic nitrogens is 2. The number of thiophene rings is 1. The average Bonchev–Trinajstić information content (AvgIpc) is 3.22. The van der Waals surface area contributed by atoms with Crippen LogP contribution in [0.15, 0.2) is 11.7 Å². The molecule has 2 aromatic heterocycles. The summed E-state index contributed by atoms with van der Waals surface area (Å²) in [6, 6.07) is 0.425. The third-order valence-electron chi connectivity index (χ3n) is 4.36. The number of fused-ring (bicyclic) bond motifs is 1. The first kappa shape index (κ1) is 18.0. The molecular formula is C14H18N4O6S2. The van der Waals surface area contributed by atoms with Crippen LogP contribution in [0, 0.1) is 0 Å². The Labute approximate surface area is 153 Å². The number of nitrogens with one attached hydrogen (secondary N) is 1. The van der Waals surface area contributed by atoms with Crippen molar-refractivity contribution in [2.24, 2.45) is 5.14 Å². The SMILES string of the molecule is NS(=O)(=O)OCC1OC(c2csc3c(NC4CC4)ncnc23)C(O)C1O. The summed E-state index contributed by atoms with van der Waals surface area (Å²) < 4.78 is 32.8. The van der Waals surface area contributed by atoms with Crippen LogP contribution in [0.25, 0.3) is 10.2 Å². The van der Waals surface area contributed by atoms with Gasteiger partial charge in [0.15, 0.2) is 0 Å². The monoisotopic (exact) mass is 402 g/mol. The molecule has 4 atom stereocenters. The molecule has 0 radical (unpaired) electrons. The van der Waals surface area contributed by atoms with Crippen molar-refractivity contribution in [2.45, 2.75) is 43.3 Å². The van der Waals surface area contributed by atoms with Gasteiger partial charge in [0.2, 0.25) is 0 Å². The third kappa shape index (κ3) is 3.53. The topological polar surface area (TPSA) is 157 Å². The van der Waals surface area contributed by atoms with E-state index in [0.29, 0.717) is 17.1 Å². The summed E-state index contributed by atoms with van der Waals surface area (Å²) in [4.78, 5) is 8.55. The number of hydrogen-bond donors (Lipinski definition) is 4. The van der Waals surface area contributed by atoms with E-state index in [1.54, 1.807) is 5.38 Å². The van der Waals surface area contributed by atoms with E-state index in [9.17, 15) is 18.6 Å². The minimum atomic E-state index is -4.17. The highest BCUT2D eigenvalue weighted by Crippen LogP contribution is 2.41. The molecule has 1 saturated carbocycles. The van der Waals surface area contributed by atoms with Gasteiger partial charge in [-0.05, 0) is 18.2 Å². The van der Waals surface area contributed by atoms with Crippen LogP contribution in [0.3, 0.4) is 0 Å². The van der Waals surface area contributed by atoms with Crippen LogP contribution in [0.5, 0.6) is 0 Å². The Bertz CT molecular complexity index is 915. The summed E-state index contributed by atoms with van der Waals surface area (Å²) in [6.07, 6.45) is -0.828. The van der Waals surface area contributed by atoms with Gasteiger partial charge in [0.05, 0.1) is 16.8 Å². The van der Waals surface area contributed by atoms with Gasteiger partial charge in [0, 0.05) is 11.6 Å². The van der Waals surface area contributed by atoms with Crippen LogP contribution in [-0.2, 0) is 19.2 Å². The Hall–Kier alpha value is -1.41. The van der Waals surface area contributed by atoms with E-state index < -0.39 is 41.3 Å². The van der Waals surface area contributed by atoms with Gasteiger partial charge >= 0.3 is 10.3 Å². The van der Waals surface area contributed by atoms with Gasteiger partial charge in [0.25, 0.3) is 0 Å². The quantitative estimate of drug-likeness (QED) is 0.507. The Morgan fingerprint density at radius 2 is 2.12 bits per heavy atom. The highest BCUT2D eigenvalue weighted by Gasteiger charge is 2.45. The maximum atomic E-state index is 10.9. The number of aliphatic hydroxyl groups is 2. The molecule has 1 aliphatic carbocycles. The van der Waals surface area contributed by atoms with Gasteiger partial charge in [-0.2, -0.15) is 8.42 Å². The van der Waals surface area contributed by atoms with Gasteiger partial charge in [-0.25, -0.2) is 15.1 Å². The molecule has 4 unspecified atom stereocenters. The lowest BCUT2D eigenvalue weighted by atomic mass is 10.0. The van der Waals surface area contributed by atoms with Crippen molar-refractivity contribution < 1.29 is 27.6 Å². The lowest BCUT2D eigenvalue weighted by Crippen LogP contribution is -2.34. The molecule has 0 spiro atoms. The molecule has 142 valence electrons. The molecule has 12 heteroatoms. The fraction of sp³-hybridized carbons (Fsp3) is 0.571. The van der Waals surface area contributed by atoms with E-state index >= 15 is 0 Å². The molecule has 2 fully saturated rings. The van der Waals surface area contributed by atoms with E-state index in [-0.39, 0.29) is 0 Å². The molecule has 2 aromatic rings. The minimum absolute atomic E-state index is 0.425. The zero-order valence-electron chi connectivity index (χ0n) is 13.5. The van der Waals surface area contributed by atoms with E-state index in [1.165, 1.54) is 17.7 Å². The number of ether oxygens (including phenoxy) is 1. The lowest BCUT2D eigenvalue weighted by Gasteiger charge is -2.13. The molecular weight excluding hydrogens is 384 g/mol. The molecule has 1 aliphatic heterocycles.